The minimum Gasteiger partial charge on any atom is -0.368 e. The zero-order chi connectivity index (χ0) is 15.7. The minimum atomic E-state index is -0.464. The summed E-state index contributed by atoms with van der Waals surface area (Å²) in [5.74, 6) is -0.0970. The monoisotopic (exact) mass is 332 g/mol. The van der Waals surface area contributed by atoms with Crippen molar-refractivity contribution in [3.8, 4) is 11.4 Å². The Morgan fingerprint density at radius 1 is 1.09 bits per heavy atom. The van der Waals surface area contributed by atoms with Gasteiger partial charge in [-0.15, -0.1) is 5.10 Å². The van der Waals surface area contributed by atoms with Crippen molar-refractivity contribution >= 4 is 35.1 Å². The van der Waals surface area contributed by atoms with Crippen molar-refractivity contribution in [2.45, 2.75) is 0 Å². The number of anilines is 1. The summed E-state index contributed by atoms with van der Waals surface area (Å²) in [6.45, 7) is 0. The Kier molecular flexibility index (Phi) is 3.83. The molecule has 0 saturated carbocycles. The first-order valence-corrected chi connectivity index (χ1v) is 7.09. The molecule has 0 radical (unpaired) electrons. The molecule has 7 heteroatoms. The van der Waals surface area contributed by atoms with E-state index in [4.69, 9.17) is 28.9 Å². The van der Waals surface area contributed by atoms with E-state index in [0.29, 0.717) is 10.8 Å². The van der Waals surface area contributed by atoms with Gasteiger partial charge in [-0.25, -0.2) is 0 Å². The second kappa shape index (κ2) is 5.79. The summed E-state index contributed by atoms with van der Waals surface area (Å²) < 4.78 is 1.03. The molecule has 2 aromatic carbocycles. The predicted molar refractivity (Wildman–Crippen MR) is 86.1 cm³/mol. The third-order valence-electron chi connectivity index (χ3n) is 3.02. The molecule has 0 bridgehead atoms. The highest BCUT2D eigenvalue weighted by atomic mass is 35.5. The molecule has 1 aromatic heterocycles. The second-order valence-corrected chi connectivity index (χ2v) is 5.34. The van der Waals surface area contributed by atoms with Crippen LogP contribution in [0, 0.1) is 0 Å². The molecule has 2 N–H and O–H groups in total. The van der Waals surface area contributed by atoms with Gasteiger partial charge in [-0.3, -0.25) is 4.79 Å². The number of rotatable bonds is 2. The molecule has 0 aliphatic heterocycles. The highest BCUT2D eigenvalue weighted by Crippen LogP contribution is 2.23. The van der Waals surface area contributed by atoms with Gasteiger partial charge in [0.25, 0.3) is 5.91 Å². The van der Waals surface area contributed by atoms with Crippen molar-refractivity contribution in [1.82, 2.24) is 14.8 Å². The smallest absolute Gasteiger partial charge is 0.282 e. The van der Waals surface area contributed by atoms with Crippen LogP contribution in [0.2, 0.25) is 10.0 Å². The Morgan fingerprint density at radius 2 is 1.82 bits per heavy atom. The fourth-order valence-corrected chi connectivity index (χ4v) is 2.45. The lowest BCUT2D eigenvalue weighted by Crippen LogP contribution is -2.16. The largest absolute Gasteiger partial charge is 0.368 e. The third-order valence-corrected chi connectivity index (χ3v) is 3.57. The van der Waals surface area contributed by atoms with Crippen LogP contribution in [0.3, 0.4) is 0 Å². The van der Waals surface area contributed by atoms with Gasteiger partial charge in [0.05, 0.1) is 10.6 Å². The van der Waals surface area contributed by atoms with Gasteiger partial charge in [-0.05, 0) is 18.2 Å². The SMILES string of the molecule is Nc1nc(-c2ccccc2)nn1C(=O)c1ccc(Cl)cc1Cl. The van der Waals surface area contributed by atoms with Gasteiger partial charge in [0.15, 0.2) is 5.82 Å². The van der Waals surface area contributed by atoms with E-state index >= 15 is 0 Å². The topological polar surface area (TPSA) is 73.8 Å². The fraction of sp³-hybridized carbons (Fsp3) is 0. The van der Waals surface area contributed by atoms with E-state index in [9.17, 15) is 4.79 Å². The maximum atomic E-state index is 12.5. The Balaban J connectivity index is 2.02. The first-order chi connectivity index (χ1) is 10.6. The summed E-state index contributed by atoms with van der Waals surface area (Å²) in [5, 5.41) is 4.83. The van der Waals surface area contributed by atoms with E-state index in [1.54, 1.807) is 6.07 Å². The van der Waals surface area contributed by atoms with Crippen molar-refractivity contribution in [2.75, 3.05) is 5.73 Å². The van der Waals surface area contributed by atoms with Crippen molar-refractivity contribution in [1.29, 1.82) is 0 Å². The maximum absolute atomic E-state index is 12.5. The molecule has 0 amide bonds. The van der Waals surface area contributed by atoms with Crippen LogP contribution in [0.25, 0.3) is 11.4 Å². The standard InChI is InChI=1S/C15H10Cl2N4O/c16-10-6-7-11(12(17)8-10)14(22)21-15(18)19-13(20-21)9-4-2-1-3-5-9/h1-8H,(H2,18,19,20). The van der Waals surface area contributed by atoms with Crippen LogP contribution in [0.4, 0.5) is 5.95 Å². The van der Waals surface area contributed by atoms with Crippen LogP contribution in [0.5, 0.6) is 0 Å². The van der Waals surface area contributed by atoms with Crippen molar-refractivity contribution < 1.29 is 4.79 Å². The fourth-order valence-electron chi connectivity index (χ4n) is 1.96. The van der Waals surface area contributed by atoms with Crippen LogP contribution < -0.4 is 5.73 Å². The minimum absolute atomic E-state index is 0.00475. The van der Waals surface area contributed by atoms with Gasteiger partial charge in [-0.1, -0.05) is 53.5 Å². The summed E-state index contributed by atoms with van der Waals surface area (Å²) in [6.07, 6.45) is 0. The average molecular weight is 333 g/mol. The summed E-state index contributed by atoms with van der Waals surface area (Å²) in [4.78, 5) is 16.6. The number of benzene rings is 2. The third kappa shape index (κ3) is 2.68. The van der Waals surface area contributed by atoms with E-state index in [1.165, 1.54) is 12.1 Å². The molecule has 0 fully saturated rings. The lowest BCUT2D eigenvalue weighted by molar-refractivity contribution is 0.0948. The van der Waals surface area contributed by atoms with Crippen molar-refractivity contribution in [3.05, 3.63) is 64.1 Å². The van der Waals surface area contributed by atoms with Crippen molar-refractivity contribution in [2.24, 2.45) is 0 Å². The van der Waals surface area contributed by atoms with Gasteiger partial charge in [-0.2, -0.15) is 9.67 Å². The summed E-state index contributed by atoms with van der Waals surface area (Å²) >= 11 is 11.9. The molecule has 0 aliphatic carbocycles. The summed E-state index contributed by atoms with van der Waals surface area (Å²) in [6, 6.07) is 13.8. The van der Waals surface area contributed by atoms with Crippen LogP contribution in [0.15, 0.2) is 48.5 Å². The molecular weight excluding hydrogens is 323 g/mol. The highest BCUT2D eigenvalue weighted by molar-refractivity contribution is 6.36. The van der Waals surface area contributed by atoms with E-state index in [1.807, 2.05) is 30.3 Å². The van der Waals surface area contributed by atoms with Crippen LogP contribution >= 0.6 is 23.2 Å². The normalized spacial score (nSPS) is 10.6. The maximum Gasteiger partial charge on any atom is 0.282 e. The van der Waals surface area contributed by atoms with Crippen LogP contribution in [0.1, 0.15) is 10.4 Å². The molecule has 1 heterocycles. The van der Waals surface area contributed by atoms with E-state index in [0.717, 1.165) is 10.2 Å². The van der Waals surface area contributed by atoms with E-state index < -0.39 is 5.91 Å². The van der Waals surface area contributed by atoms with E-state index in [-0.39, 0.29) is 16.5 Å². The Hall–Kier alpha value is -2.37. The predicted octanol–water partition coefficient (Wildman–Crippen LogP) is 3.52. The number of nitrogen functional groups attached to an aromatic ring is 1. The van der Waals surface area contributed by atoms with Crippen LogP contribution in [-0.4, -0.2) is 20.7 Å². The number of carbonyl (C=O) groups excluding carboxylic acids is 1. The van der Waals surface area contributed by atoms with Crippen LogP contribution in [-0.2, 0) is 0 Å². The van der Waals surface area contributed by atoms with Gasteiger partial charge < -0.3 is 5.73 Å². The molecule has 110 valence electrons. The number of hydrogen-bond donors (Lipinski definition) is 1. The van der Waals surface area contributed by atoms with Gasteiger partial charge in [0.2, 0.25) is 5.95 Å². The van der Waals surface area contributed by atoms with Gasteiger partial charge >= 0.3 is 0 Å². The number of carbonyl (C=O) groups is 1. The average Bonchev–Trinajstić information content (AvgIpc) is 2.89. The lowest BCUT2D eigenvalue weighted by atomic mass is 10.2. The Morgan fingerprint density at radius 3 is 2.50 bits per heavy atom. The van der Waals surface area contributed by atoms with E-state index in [2.05, 4.69) is 10.1 Å². The first-order valence-electron chi connectivity index (χ1n) is 6.34. The number of nitrogens with zero attached hydrogens (tertiary/aromatic N) is 3. The van der Waals surface area contributed by atoms with Gasteiger partial charge in [0, 0.05) is 10.6 Å². The number of hydrogen-bond acceptors (Lipinski definition) is 4. The molecule has 22 heavy (non-hydrogen) atoms. The zero-order valence-electron chi connectivity index (χ0n) is 11.2. The molecule has 0 unspecified atom stereocenters. The second-order valence-electron chi connectivity index (χ2n) is 4.50. The molecule has 0 atom stereocenters. The lowest BCUT2D eigenvalue weighted by Gasteiger charge is -2.04. The number of aromatic nitrogens is 3. The molecule has 3 aromatic rings. The number of nitrogens with two attached hydrogens (primary N) is 1. The van der Waals surface area contributed by atoms with Crippen molar-refractivity contribution in [3.63, 3.8) is 0 Å². The Bertz CT molecular complexity index is 846. The molecule has 0 saturated heterocycles. The molecular formula is C15H10Cl2N4O. The quantitative estimate of drug-likeness (QED) is 0.779. The molecule has 5 nitrogen and oxygen atoms in total. The zero-order valence-corrected chi connectivity index (χ0v) is 12.7. The summed E-state index contributed by atoms with van der Waals surface area (Å²) in [7, 11) is 0. The first kappa shape index (κ1) is 14.6. The summed E-state index contributed by atoms with van der Waals surface area (Å²) in [5.41, 5.74) is 6.82. The molecule has 0 spiro atoms. The number of halogens is 2. The molecule has 0 aliphatic rings. The Labute approximate surface area is 136 Å². The van der Waals surface area contributed by atoms with Gasteiger partial charge in [0.1, 0.15) is 0 Å². The highest BCUT2D eigenvalue weighted by Gasteiger charge is 2.19. The molecule has 3 rings (SSSR count).